The van der Waals surface area contributed by atoms with Crippen molar-refractivity contribution in [3.63, 3.8) is 0 Å². The third kappa shape index (κ3) is 4.26. The maximum atomic E-state index is 12.5. The van der Waals surface area contributed by atoms with Crippen molar-refractivity contribution in [3.05, 3.63) is 63.9 Å². The fraction of sp³-hybridized carbons (Fsp3) is 0.333. The van der Waals surface area contributed by atoms with Gasteiger partial charge >= 0.3 is 0 Å². The standard InChI is InChI=1S/C18H18Cl2N2O2/c19-15-5-4-14(10-16(15)20)17-12-22(8-9-24-17)18(23)6-3-13-2-1-7-21-11-13/h1-2,4-5,7,10-11,17H,3,6,8-9,12H2/t17-/m0/s1. The van der Waals surface area contributed by atoms with Gasteiger partial charge in [0.2, 0.25) is 5.91 Å². The lowest BCUT2D eigenvalue weighted by atomic mass is 10.1. The molecule has 1 saturated heterocycles. The van der Waals surface area contributed by atoms with E-state index < -0.39 is 0 Å². The zero-order chi connectivity index (χ0) is 16.9. The lowest BCUT2D eigenvalue weighted by molar-refractivity contribution is -0.139. The fourth-order valence-electron chi connectivity index (χ4n) is 2.75. The molecule has 1 aliphatic heterocycles. The Kier molecular flexibility index (Phi) is 5.72. The van der Waals surface area contributed by atoms with Gasteiger partial charge in [-0.2, -0.15) is 0 Å². The second-order valence-corrected chi connectivity index (χ2v) is 6.55. The minimum Gasteiger partial charge on any atom is -0.370 e. The molecule has 1 fully saturated rings. The topological polar surface area (TPSA) is 42.4 Å². The first-order valence-electron chi connectivity index (χ1n) is 7.87. The van der Waals surface area contributed by atoms with E-state index in [2.05, 4.69) is 4.98 Å². The van der Waals surface area contributed by atoms with E-state index in [1.165, 1.54) is 0 Å². The van der Waals surface area contributed by atoms with Crippen molar-refractivity contribution in [3.8, 4) is 0 Å². The maximum absolute atomic E-state index is 12.5. The molecule has 0 saturated carbocycles. The van der Waals surface area contributed by atoms with Crippen LogP contribution in [0.2, 0.25) is 10.0 Å². The number of hydrogen-bond acceptors (Lipinski definition) is 3. The lowest BCUT2D eigenvalue weighted by Crippen LogP contribution is -2.42. The third-order valence-electron chi connectivity index (χ3n) is 4.08. The number of benzene rings is 1. The number of aromatic nitrogens is 1. The summed E-state index contributed by atoms with van der Waals surface area (Å²) in [4.78, 5) is 18.4. The van der Waals surface area contributed by atoms with Crippen LogP contribution in [0.25, 0.3) is 0 Å². The highest BCUT2D eigenvalue weighted by atomic mass is 35.5. The molecule has 1 amide bonds. The average Bonchev–Trinajstić information content (AvgIpc) is 2.63. The van der Waals surface area contributed by atoms with Crippen LogP contribution in [0, 0.1) is 0 Å². The molecular weight excluding hydrogens is 347 g/mol. The highest BCUT2D eigenvalue weighted by Crippen LogP contribution is 2.29. The molecule has 6 heteroatoms. The number of nitrogens with zero attached hydrogens (tertiary/aromatic N) is 2. The van der Waals surface area contributed by atoms with Gasteiger partial charge in [-0.15, -0.1) is 0 Å². The minimum absolute atomic E-state index is 0.132. The van der Waals surface area contributed by atoms with Gasteiger partial charge in [-0.05, 0) is 35.7 Å². The van der Waals surface area contributed by atoms with Gasteiger partial charge in [-0.25, -0.2) is 0 Å². The number of ether oxygens (including phenoxy) is 1. The van der Waals surface area contributed by atoms with E-state index in [0.29, 0.717) is 42.6 Å². The SMILES string of the molecule is O=C(CCc1cccnc1)N1CCO[C@H](c2ccc(Cl)c(Cl)c2)C1. The molecule has 2 aromatic rings. The van der Waals surface area contributed by atoms with Crippen molar-refractivity contribution >= 4 is 29.1 Å². The minimum atomic E-state index is -0.171. The quantitative estimate of drug-likeness (QED) is 0.825. The average molecular weight is 365 g/mol. The highest BCUT2D eigenvalue weighted by molar-refractivity contribution is 6.42. The molecule has 0 radical (unpaired) electrons. The number of carbonyl (C=O) groups is 1. The van der Waals surface area contributed by atoms with E-state index in [9.17, 15) is 4.79 Å². The van der Waals surface area contributed by atoms with E-state index in [0.717, 1.165) is 11.1 Å². The van der Waals surface area contributed by atoms with Crippen molar-refractivity contribution in [2.75, 3.05) is 19.7 Å². The summed E-state index contributed by atoms with van der Waals surface area (Å²) in [7, 11) is 0. The van der Waals surface area contributed by atoms with Crippen LogP contribution in [-0.2, 0) is 16.0 Å². The molecule has 0 spiro atoms. The number of carbonyl (C=O) groups excluding carboxylic acids is 1. The van der Waals surface area contributed by atoms with Gasteiger partial charge in [-0.1, -0.05) is 35.3 Å². The Hall–Kier alpha value is -1.62. The number of halogens is 2. The largest absolute Gasteiger partial charge is 0.370 e. The van der Waals surface area contributed by atoms with Crippen molar-refractivity contribution in [1.29, 1.82) is 0 Å². The van der Waals surface area contributed by atoms with Crippen molar-refractivity contribution in [1.82, 2.24) is 9.88 Å². The predicted molar refractivity (Wildman–Crippen MR) is 94.3 cm³/mol. The normalized spacial score (nSPS) is 17.8. The molecular formula is C18H18Cl2N2O2. The van der Waals surface area contributed by atoms with Crippen LogP contribution >= 0.6 is 23.2 Å². The Labute approximate surface area is 151 Å². The monoisotopic (exact) mass is 364 g/mol. The summed E-state index contributed by atoms with van der Waals surface area (Å²) in [5, 5.41) is 1.01. The number of rotatable bonds is 4. The highest BCUT2D eigenvalue weighted by Gasteiger charge is 2.25. The number of pyridine rings is 1. The molecule has 24 heavy (non-hydrogen) atoms. The van der Waals surface area contributed by atoms with Crippen LogP contribution in [0.4, 0.5) is 0 Å². The Morgan fingerprint density at radius 2 is 2.17 bits per heavy atom. The lowest BCUT2D eigenvalue weighted by Gasteiger charge is -2.33. The molecule has 0 bridgehead atoms. The van der Waals surface area contributed by atoms with Gasteiger partial charge < -0.3 is 9.64 Å². The number of morpholine rings is 1. The maximum Gasteiger partial charge on any atom is 0.223 e. The van der Waals surface area contributed by atoms with Crippen LogP contribution in [-0.4, -0.2) is 35.5 Å². The molecule has 1 aliphatic rings. The molecule has 1 atom stereocenters. The molecule has 2 heterocycles. The molecule has 126 valence electrons. The van der Waals surface area contributed by atoms with E-state index in [1.807, 2.05) is 23.1 Å². The van der Waals surface area contributed by atoms with E-state index >= 15 is 0 Å². The Balaban J connectivity index is 1.60. The molecule has 3 rings (SSSR count). The molecule has 0 unspecified atom stereocenters. The first-order chi connectivity index (χ1) is 11.6. The molecule has 1 aromatic heterocycles. The fourth-order valence-corrected chi connectivity index (χ4v) is 3.05. The van der Waals surface area contributed by atoms with E-state index in [1.54, 1.807) is 24.5 Å². The molecule has 0 N–H and O–H groups in total. The summed E-state index contributed by atoms with van der Waals surface area (Å²) in [6, 6.07) is 9.32. The van der Waals surface area contributed by atoms with Gasteiger partial charge in [-0.3, -0.25) is 9.78 Å². The summed E-state index contributed by atoms with van der Waals surface area (Å²) < 4.78 is 5.80. The zero-order valence-corrected chi connectivity index (χ0v) is 14.6. The Morgan fingerprint density at radius 1 is 1.29 bits per heavy atom. The summed E-state index contributed by atoms with van der Waals surface area (Å²) in [5.74, 6) is 0.132. The molecule has 1 aromatic carbocycles. The van der Waals surface area contributed by atoms with E-state index in [4.69, 9.17) is 27.9 Å². The van der Waals surface area contributed by atoms with Gasteiger partial charge in [0.15, 0.2) is 0 Å². The Morgan fingerprint density at radius 3 is 2.92 bits per heavy atom. The first-order valence-corrected chi connectivity index (χ1v) is 8.62. The van der Waals surface area contributed by atoms with Crippen molar-refractivity contribution in [2.24, 2.45) is 0 Å². The van der Waals surface area contributed by atoms with Gasteiger partial charge in [0.1, 0.15) is 6.10 Å². The van der Waals surface area contributed by atoms with Crippen LogP contribution < -0.4 is 0 Å². The summed E-state index contributed by atoms with van der Waals surface area (Å²) >= 11 is 12.0. The zero-order valence-electron chi connectivity index (χ0n) is 13.1. The second kappa shape index (κ2) is 7.97. The molecule has 0 aliphatic carbocycles. The Bertz CT molecular complexity index is 709. The van der Waals surface area contributed by atoms with Crippen LogP contribution in [0.1, 0.15) is 23.7 Å². The summed E-state index contributed by atoms with van der Waals surface area (Å²) in [6.07, 6.45) is 4.53. The molecule has 4 nitrogen and oxygen atoms in total. The third-order valence-corrected chi connectivity index (χ3v) is 4.82. The van der Waals surface area contributed by atoms with Crippen molar-refractivity contribution < 1.29 is 9.53 Å². The summed E-state index contributed by atoms with van der Waals surface area (Å²) in [5.41, 5.74) is 2.01. The van der Waals surface area contributed by atoms with Crippen molar-refractivity contribution in [2.45, 2.75) is 18.9 Å². The van der Waals surface area contributed by atoms with Crippen LogP contribution in [0.5, 0.6) is 0 Å². The number of aryl methyl sites for hydroxylation is 1. The first kappa shape index (κ1) is 17.2. The number of hydrogen-bond donors (Lipinski definition) is 0. The smallest absolute Gasteiger partial charge is 0.223 e. The second-order valence-electron chi connectivity index (χ2n) is 5.73. The van der Waals surface area contributed by atoms with Crippen LogP contribution in [0.3, 0.4) is 0 Å². The van der Waals surface area contributed by atoms with Crippen LogP contribution in [0.15, 0.2) is 42.7 Å². The van der Waals surface area contributed by atoms with Gasteiger partial charge in [0.05, 0.1) is 23.2 Å². The summed E-state index contributed by atoms with van der Waals surface area (Å²) in [6.45, 7) is 1.66. The predicted octanol–water partition coefficient (Wildman–Crippen LogP) is 3.92. The number of amides is 1. The van der Waals surface area contributed by atoms with E-state index in [-0.39, 0.29) is 12.0 Å². The van der Waals surface area contributed by atoms with Gasteiger partial charge in [0.25, 0.3) is 0 Å². The van der Waals surface area contributed by atoms with Gasteiger partial charge in [0, 0.05) is 25.4 Å².